The van der Waals surface area contributed by atoms with Crippen LogP contribution in [0, 0.1) is 6.92 Å². The van der Waals surface area contributed by atoms with Gasteiger partial charge in [-0.05, 0) is 18.4 Å². The number of carbonyl (C=O) groups excluding carboxylic acids is 1. The molecule has 0 aliphatic rings. The van der Waals surface area contributed by atoms with Crippen molar-refractivity contribution in [2.45, 2.75) is 26.7 Å². The molecule has 0 spiro atoms. The first-order valence-corrected chi connectivity index (χ1v) is 5.78. The van der Waals surface area contributed by atoms with E-state index in [1.165, 1.54) is 11.3 Å². The number of carbonyl (C=O) groups is 1. The Morgan fingerprint density at radius 1 is 1.40 bits per heavy atom. The van der Waals surface area contributed by atoms with Crippen LogP contribution in [0.3, 0.4) is 0 Å². The second kappa shape index (κ2) is 4.23. The van der Waals surface area contributed by atoms with Crippen molar-refractivity contribution >= 4 is 22.2 Å². The second-order valence-corrected chi connectivity index (χ2v) is 5.42. The molecule has 0 aromatic carbocycles. The molecular formula is C11H18N2OS. The Morgan fingerprint density at radius 2 is 1.93 bits per heavy atom. The lowest BCUT2D eigenvalue weighted by molar-refractivity contribution is 0.0827. The van der Waals surface area contributed by atoms with E-state index in [9.17, 15) is 4.79 Å². The number of thiophene rings is 1. The van der Waals surface area contributed by atoms with E-state index in [1.54, 1.807) is 19.0 Å². The highest BCUT2D eigenvalue weighted by Crippen LogP contribution is 2.35. The predicted molar refractivity (Wildman–Crippen MR) is 65.6 cm³/mol. The zero-order chi connectivity index (χ0) is 11.7. The van der Waals surface area contributed by atoms with Crippen LogP contribution in [0.1, 0.15) is 40.6 Å². The molecule has 0 aliphatic carbocycles. The van der Waals surface area contributed by atoms with Crippen molar-refractivity contribution in [3.05, 3.63) is 16.0 Å². The fraction of sp³-hybridized carbons (Fsp3) is 0.545. The normalized spacial score (nSPS) is 10.8. The maximum Gasteiger partial charge on any atom is 0.256 e. The molecule has 0 unspecified atom stereocenters. The number of aryl methyl sites for hydroxylation is 1. The fourth-order valence-electron chi connectivity index (χ4n) is 1.72. The lowest BCUT2D eigenvalue weighted by Gasteiger charge is -2.14. The molecule has 15 heavy (non-hydrogen) atoms. The van der Waals surface area contributed by atoms with Crippen molar-refractivity contribution in [2.75, 3.05) is 19.8 Å². The predicted octanol–water partition coefficient (Wildman–Crippen LogP) is 2.46. The maximum atomic E-state index is 12.0. The Bertz CT molecular complexity index is 380. The molecule has 0 saturated heterocycles. The van der Waals surface area contributed by atoms with Crippen molar-refractivity contribution in [1.29, 1.82) is 0 Å². The van der Waals surface area contributed by atoms with Crippen LogP contribution in [-0.4, -0.2) is 24.9 Å². The van der Waals surface area contributed by atoms with Crippen LogP contribution in [0.25, 0.3) is 0 Å². The third-order valence-electron chi connectivity index (χ3n) is 2.36. The number of nitrogens with zero attached hydrogens (tertiary/aromatic N) is 1. The molecule has 4 heteroatoms. The highest BCUT2D eigenvalue weighted by molar-refractivity contribution is 7.16. The van der Waals surface area contributed by atoms with E-state index in [0.29, 0.717) is 16.5 Å². The molecule has 1 amide bonds. The van der Waals surface area contributed by atoms with E-state index in [4.69, 9.17) is 5.73 Å². The van der Waals surface area contributed by atoms with E-state index in [2.05, 4.69) is 13.8 Å². The van der Waals surface area contributed by atoms with Gasteiger partial charge >= 0.3 is 0 Å². The minimum absolute atomic E-state index is 0.000509. The molecule has 0 fully saturated rings. The van der Waals surface area contributed by atoms with Gasteiger partial charge in [-0.3, -0.25) is 4.79 Å². The molecule has 1 heterocycles. The van der Waals surface area contributed by atoms with Crippen LogP contribution in [0.15, 0.2) is 0 Å². The van der Waals surface area contributed by atoms with Crippen molar-refractivity contribution in [1.82, 2.24) is 4.90 Å². The molecule has 1 aromatic heterocycles. The number of nitrogen functional groups attached to an aromatic ring is 1. The van der Waals surface area contributed by atoms with Gasteiger partial charge in [0.15, 0.2) is 0 Å². The van der Waals surface area contributed by atoms with Gasteiger partial charge in [-0.15, -0.1) is 11.3 Å². The summed E-state index contributed by atoms with van der Waals surface area (Å²) in [4.78, 5) is 14.7. The van der Waals surface area contributed by atoms with Crippen LogP contribution in [0.4, 0.5) is 5.00 Å². The highest BCUT2D eigenvalue weighted by atomic mass is 32.1. The average Bonchev–Trinajstić information content (AvgIpc) is 2.39. The van der Waals surface area contributed by atoms with Gasteiger partial charge in [0, 0.05) is 19.0 Å². The minimum Gasteiger partial charge on any atom is -0.390 e. The quantitative estimate of drug-likeness (QED) is 0.842. The lowest BCUT2D eigenvalue weighted by atomic mass is 9.98. The van der Waals surface area contributed by atoms with E-state index < -0.39 is 0 Å². The van der Waals surface area contributed by atoms with Crippen molar-refractivity contribution in [3.8, 4) is 0 Å². The molecular weight excluding hydrogens is 208 g/mol. The van der Waals surface area contributed by atoms with Gasteiger partial charge < -0.3 is 10.6 Å². The number of amides is 1. The second-order valence-electron chi connectivity index (χ2n) is 4.17. The summed E-state index contributed by atoms with van der Waals surface area (Å²) in [6.07, 6.45) is 0. The molecule has 84 valence electrons. The van der Waals surface area contributed by atoms with E-state index in [1.807, 2.05) is 6.92 Å². The van der Waals surface area contributed by atoms with Crippen LogP contribution in [0.2, 0.25) is 0 Å². The van der Waals surface area contributed by atoms with Gasteiger partial charge in [0.2, 0.25) is 0 Å². The van der Waals surface area contributed by atoms with Crippen molar-refractivity contribution in [3.63, 3.8) is 0 Å². The number of nitrogens with two attached hydrogens (primary N) is 1. The van der Waals surface area contributed by atoms with Crippen LogP contribution in [-0.2, 0) is 0 Å². The first-order valence-electron chi connectivity index (χ1n) is 4.96. The standard InChI is InChI=1S/C11H18N2OS/c1-6(2)8-7(3)15-10(12)9(8)11(14)13(4)5/h6H,12H2,1-5H3. The summed E-state index contributed by atoms with van der Waals surface area (Å²) in [6, 6.07) is 0. The summed E-state index contributed by atoms with van der Waals surface area (Å²) in [5.74, 6) is 0.331. The molecule has 2 N–H and O–H groups in total. The van der Waals surface area contributed by atoms with E-state index in [-0.39, 0.29) is 5.91 Å². The van der Waals surface area contributed by atoms with Crippen LogP contribution >= 0.6 is 11.3 Å². The molecule has 0 atom stereocenters. The van der Waals surface area contributed by atoms with Crippen LogP contribution in [0.5, 0.6) is 0 Å². The van der Waals surface area contributed by atoms with Crippen molar-refractivity contribution < 1.29 is 4.79 Å². The van der Waals surface area contributed by atoms with Crippen LogP contribution < -0.4 is 5.73 Å². The Morgan fingerprint density at radius 3 is 2.33 bits per heavy atom. The molecule has 0 saturated carbocycles. The van der Waals surface area contributed by atoms with E-state index in [0.717, 1.165) is 10.4 Å². The molecule has 3 nitrogen and oxygen atoms in total. The molecule has 0 radical (unpaired) electrons. The summed E-state index contributed by atoms with van der Waals surface area (Å²) >= 11 is 1.50. The Hall–Kier alpha value is -1.03. The Balaban J connectivity index is 3.33. The third-order valence-corrected chi connectivity index (χ3v) is 3.31. The highest BCUT2D eigenvalue weighted by Gasteiger charge is 2.23. The van der Waals surface area contributed by atoms with Gasteiger partial charge in [-0.2, -0.15) is 0 Å². The van der Waals surface area contributed by atoms with Gasteiger partial charge in [0.25, 0.3) is 5.91 Å². The monoisotopic (exact) mass is 226 g/mol. The minimum atomic E-state index is 0.000509. The summed E-state index contributed by atoms with van der Waals surface area (Å²) in [7, 11) is 3.50. The largest absolute Gasteiger partial charge is 0.390 e. The Labute approximate surface area is 94.9 Å². The summed E-state index contributed by atoms with van der Waals surface area (Å²) < 4.78 is 0. The SMILES string of the molecule is Cc1sc(N)c(C(=O)N(C)C)c1C(C)C. The number of hydrogen-bond acceptors (Lipinski definition) is 3. The fourth-order valence-corrected chi connectivity index (χ4v) is 2.80. The lowest BCUT2D eigenvalue weighted by Crippen LogP contribution is -2.23. The van der Waals surface area contributed by atoms with Gasteiger partial charge in [0.1, 0.15) is 0 Å². The third kappa shape index (κ3) is 2.15. The molecule has 0 aliphatic heterocycles. The zero-order valence-electron chi connectivity index (χ0n) is 9.92. The first-order chi connectivity index (χ1) is 6.86. The van der Waals surface area contributed by atoms with Gasteiger partial charge in [0.05, 0.1) is 10.6 Å². The summed E-state index contributed by atoms with van der Waals surface area (Å²) in [5, 5.41) is 0.634. The topological polar surface area (TPSA) is 46.3 Å². The van der Waals surface area contributed by atoms with E-state index >= 15 is 0 Å². The van der Waals surface area contributed by atoms with Gasteiger partial charge in [-0.25, -0.2) is 0 Å². The number of rotatable bonds is 2. The van der Waals surface area contributed by atoms with Crippen molar-refractivity contribution in [2.24, 2.45) is 0 Å². The average molecular weight is 226 g/mol. The number of anilines is 1. The first kappa shape index (κ1) is 12.0. The van der Waals surface area contributed by atoms with Gasteiger partial charge in [-0.1, -0.05) is 13.8 Å². The molecule has 1 aromatic rings. The Kier molecular flexibility index (Phi) is 3.39. The summed E-state index contributed by atoms with van der Waals surface area (Å²) in [5.41, 5.74) is 7.68. The molecule has 0 bridgehead atoms. The smallest absolute Gasteiger partial charge is 0.256 e. The number of hydrogen-bond donors (Lipinski definition) is 1. The zero-order valence-corrected chi connectivity index (χ0v) is 10.7. The maximum absolute atomic E-state index is 12.0. The molecule has 1 rings (SSSR count). The summed E-state index contributed by atoms with van der Waals surface area (Å²) in [6.45, 7) is 6.19.